The summed E-state index contributed by atoms with van der Waals surface area (Å²) in [6.07, 6.45) is 3.59. The van der Waals surface area contributed by atoms with Gasteiger partial charge in [0.15, 0.2) is 0 Å². The molecule has 1 atom stereocenters. The monoisotopic (exact) mass is 323 g/mol. The van der Waals surface area contributed by atoms with E-state index < -0.39 is 6.10 Å². The van der Waals surface area contributed by atoms with Crippen molar-refractivity contribution in [1.82, 2.24) is 14.3 Å². The first-order chi connectivity index (χ1) is 11.5. The van der Waals surface area contributed by atoms with Gasteiger partial charge in [0.1, 0.15) is 11.3 Å². The Balaban J connectivity index is 1.65. The van der Waals surface area contributed by atoms with Crippen LogP contribution in [-0.4, -0.2) is 38.9 Å². The Morgan fingerprint density at radius 2 is 1.96 bits per heavy atom. The fourth-order valence-electron chi connectivity index (χ4n) is 2.66. The smallest absolute Gasteiger partial charge is 0.273 e. The molecule has 0 aliphatic carbocycles. The van der Waals surface area contributed by atoms with Gasteiger partial charge >= 0.3 is 0 Å². The molecule has 124 valence electrons. The first-order valence-electron chi connectivity index (χ1n) is 7.98. The lowest BCUT2D eigenvalue weighted by molar-refractivity contribution is 0.0756. The molecule has 1 amide bonds. The second-order valence-corrected chi connectivity index (χ2v) is 6.04. The number of rotatable bonds is 5. The molecule has 0 radical (unpaired) electrons. The zero-order valence-electron chi connectivity index (χ0n) is 13.9. The number of carbonyl (C=O) groups excluding carboxylic acids is 1. The number of fused-ring (bicyclic) bond motifs is 1. The molecule has 0 bridgehead atoms. The number of hydrogen-bond acceptors (Lipinski definition) is 3. The topological polar surface area (TPSA) is 57.8 Å². The highest BCUT2D eigenvalue weighted by atomic mass is 16.3. The molecule has 5 heteroatoms. The van der Waals surface area contributed by atoms with Crippen LogP contribution in [0.2, 0.25) is 0 Å². The molecule has 0 fully saturated rings. The lowest BCUT2D eigenvalue weighted by Crippen LogP contribution is -2.29. The van der Waals surface area contributed by atoms with Crippen molar-refractivity contribution >= 4 is 11.6 Å². The second kappa shape index (κ2) is 6.84. The van der Waals surface area contributed by atoms with Crippen LogP contribution < -0.4 is 0 Å². The maximum atomic E-state index is 12.5. The Morgan fingerprint density at radius 3 is 2.71 bits per heavy atom. The van der Waals surface area contributed by atoms with E-state index in [1.165, 1.54) is 0 Å². The zero-order valence-corrected chi connectivity index (χ0v) is 13.9. The lowest BCUT2D eigenvalue weighted by atomic mass is 10.1. The van der Waals surface area contributed by atoms with Gasteiger partial charge in [-0.15, -0.1) is 0 Å². The van der Waals surface area contributed by atoms with Crippen molar-refractivity contribution in [2.45, 2.75) is 19.4 Å². The van der Waals surface area contributed by atoms with Crippen LogP contribution in [0, 0.1) is 6.92 Å². The van der Waals surface area contributed by atoms with E-state index in [4.69, 9.17) is 0 Å². The summed E-state index contributed by atoms with van der Waals surface area (Å²) in [5, 5.41) is 10.2. The maximum absolute atomic E-state index is 12.5. The lowest BCUT2D eigenvalue weighted by Gasteiger charge is -2.18. The summed E-state index contributed by atoms with van der Waals surface area (Å²) in [4.78, 5) is 18.5. The van der Waals surface area contributed by atoms with Gasteiger partial charge in [0.05, 0.1) is 6.10 Å². The Labute approximate surface area is 141 Å². The molecule has 0 aliphatic heterocycles. The van der Waals surface area contributed by atoms with Gasteiger partial charge < -0.3 is 14.4 Å². The summed E-state index contributed by atoms with van der Waals surface area (Å²) in [6.45, 7) is 2.46. The van der Waals surface area contributed by atoms with E-state index in [1.54, 1.807) is 18.1 Å². The number of benzene rings is 1. The van der Waals surface area contributed by atoms with Crippen molar-refractivity contribution < 1.29 is 9.90 Å². The first kappa shape index (κ1) is 16.2. The molecule has 0 aliphatic rings. The number of aryl methyl sites for hydroxylation is 1. The molecule has 1 N–H and O–H groups in total. The predicted octanol–water partition coefficient (Wildman–Crippen LogP) is 2.84. The highest BCUT2D eigenvalue weighted by Crippen LogP contribution is 2.17. The van der Waals surface area contributed by atoms with Crippen LogP contribution >= 0.6 is 0 Å². The number of pyridine rings is 1. The average molecular weight is 323 g/mol. The van der Waals surface area contributed by atoms with Gasteiger partial charge in [-0.3, -0.25) is 4.79 Å². The number of imidazole rings is 1. The van der Waals surface area contributed by atoms with Crippen molar-refractivity contribution in [3.63, 3.8) is 0 Å². The van der Waals surface area contributed by atoms with Crippen molar-refractivity contribution in [3.8, 4) is 0 Å². The van der Waals surface area contributed by atoms with Crippen LogP contribution in [0.4, 0.5) is 0 Å². The molecule has 2 aromatic heterocycles. The van der Waals surface area contributed by atoms with Gasteiger partial charge in [-0.25, -0.2) is 4.98 Å². The van der Waals surface area contributed by atoms with E-state index in [0.29, 0.717) is 18.7 Å². The molecule has 0 unspecified atom stereocenters. The van der Waals surface area contributed by atoms with Crippen molar-refractivity contribution in [1.29, 1.82) is 0 Å². The molecule has 0 saturated heterocycles. The van der Waals surface area contributed by atoms with Gasteiger partial charge in [0.25, 0.3) is 5.91 Å². The van der Waals surface area contributed by atoms with E-state index >= 15 is 0 Å². The predicted molar refractivity (Wildman–Crippen MR) is 92.9 cm³/mol. The van der Waals surface area contributed by atoms with Crippen LogP contribution in [0.25, 0.3) is 5.65 Å². The molecule has 24 heavy (non-hydrogen) atoms. The van der Waals surface area contributed by atoms with Crippen LogP contribution in [0.3, 0.4) is 0 Å². The number of carbonyl (C=O) groups is 1. The fourth-order valence-corrected chi connectivity index (χ4v) is 2.66. The molecule has 2 heterocycles. The summed E-state index contributed by atoms with van der Waals surface area (Å²) < 4.78 is 1.86. The van der Waals surface area contributed by atoms with E-state index in [-0.39, 0.29) is 5.91 Å². The minimum Gasteiger partial charge on any atom is -0.388 e. The molecule has 0 spiro atoms. The summed E-state index contributed by atoms with van der Waals surface area (Å²) in [6, 6.07) is 13.3. The van der Waals surface area contributed by atoms with Crippen LogP contribution in [0.1, 0.15) is 34.1 Å². The second-order valence-electron chi connectivity index (χ2n) is 6.04. The van der Waals surface area contributed by atoms with Crippen LogP contribution in [0.5, 0.6) is 0 Å². The van der Waals surface area contributed by atoms with Gasteiger partial charge in [-0.2, -0.15) is 0 Å². The standard InChI is InChI=1S/C19H21N3O2/c1-14-8-9-18-20-16(13-22(18)12-14)19(24)21(2)11-10-17(23)15-6-4-3-5-7-15/h3-9,12-13,17,23H,10-11H2,1-2H3/t17-/m1/s1. The van der Waals surface area contributed by atoms with E-state index in [0.717, 1.165) is 16.8 Å². The summed E-state index contributed by atoms with van der Waals surface area (Å²) in [5.74, 6) is -0.142. The first-order valence-corrected chi connectivity index (χ1v) is 7.98. The number of aromatic nitrogens is 2. The summed E-state index contributed by atoms with van der Waals surface area (Å²) in [5.41, 5.74) is 3.14. The number of aliphatic hydroxyl groups is 1. The summed E-state index contributed by atoms with van der Waals surface area (Å²) >= 11 is 0. The fraction of sp³-hybridized carbons (Fsp3) is 0.263. The third kappa shape index (κ3) is 3.46. The number of hydrogen-bond donors (Lipinski definition) is 1. The Bertz CT molecular complexity index is 842. The highest BCUT2D eigenvalue weighted by molar-refractivity contribution is 5.92. The van der Waals surface area contributed by atoms with Gasteiger partial charge in [0.2, 0.25) is 0 Å². The van der Waals surface area contributed by atoms with Crippen LogP contribution in [0.15, 0.2) is 54.9 Å². The average Bonchev–Trinajstić information content (AvgIpc) is 3.02. The Kier molecular flexibility index (Phi) is 4.62. The summed E-state index contributed by atoms with van der Waals surface area (Å²) in [7, 11) is 1.73. The van der Waals surface area contributed by atoms with Crippen LogP contribution in [-0.2, 0) is 0 Å². The molecule has 0 saturated carbocycles. The number of nitrogens with zero attached hydrogens (tertiary/aromatic N) is 3. The highest BCUT2D eigenvalue weighted by Gasteiger charge is 2.17. The Morgan fingerprint density at radius 1 is 1.21 bits per heavy atom. The molecule has 1 aromatic carbocycles. The van der Waals surface area contributed by atoms with Crippen molar-refractivity contribution in [2.24, 2.45) is 0 Å². The van der Waals surface area contributed by atoms with E-state index in [1.807, 2.05) is 60.0 Å². The third-order valence-corrected chi connectivity index (χ3v) is 4.09. The SMILES string of the molecule is Cc1ccc2nc(C(=O)N(C)CC[C@@H](O)c3ccccc3)cn2c1. The molecular formula is C19H21N3O2. The van der Waals surface area contributed by atoms with E-state index in [2.05, 4.69) is 4.98 Å². The minimum absolute atomic E-state index is 0.142. The normalized spacial score (nSPS) is 12.3. The molecule has 3 rings (SSSR count). The van der Waals surface area contributed by atoms with E-state index in [9.17, 15) is 9.90 Å². The van der Waals surface area contributed by atoms with Gasteiger partial charge in [-0.1, -0.05) is 36.4 Å². The third-order valence-electron chi connectivity index (χ3n) is 4.09. The number of amides is 1. The van der Waals surface area contributed by atoms with Gasteiger partial charge in [-0.05, 0) is 30.5 Å². The van der Waals surface area contributed by atoms with Crippen molar-refractivity contribution in [2.75, 3.05) is 13.6 Å². The Hall–Kier alpha value is -2.66. The maximum Gasteiger partial charge on any atom is 0.273 e. The van der Waals surface area contributed by atoms with Gasteiger partial charge in [0, 0.05) is 26.0 Å². The quantitative estimate of drug-likeness (QED) is 0.785. The largest absolute Gasteiger partial charge is 0.388 e. The minimum atomic E-state index is -0.579. The molecule has 5 nitrogen and oxygen atoms in total. The van der Waals surface area contributed by atoms with Crippen molar-refractivity contribution in [3.05, 3.63) is 71.7 Å². The number of aliphatic hydroxyl groups excluding tert-OH is 1. The zero-order chi connectivity index (χ0) is 17.1. The molecule has 3 aromatic rings. The molecular weight excluding hydrogens is 302 g/mol.